The lowest BCUT2D eigenvalue weighted by molar-refractivity contribution is -0.384. The number of ether oxygens (including phenoxy) is 1. The van der Waals surface area contributed by atoms with Crippen molar-refractivity contribution in [3.63, 3.8) is 0 Å². The Morgan fingerprint density at radius 2 is 2.00 bits per heavy atom. The Bertz CT molecular complexity index is 413. The third kappa shape index (κ3) is 3.96. The third-order valence-electron chi connectivity index (χ3n) is 1.57. The number of nitrogens with two attached hydrogens (primary N) is 1. The highest BCUT2D eigenvalue weighted by molar-refractivity contribution is 5.85. The quantitative estimate of drug-likeness (QED) is 0.500. The summed E-state index contributed by atoms with van der Waals surface area (Å²) in [5, 5.41) is 10.5. The van der Waals surface area contributed by atoms with Crippen LogP contribution in [-0.4, -0.2) is 11.3 Å². The standard InChI is InChI=1S/C7H6F3N3O3.ClH/c8-7(9,10)16-5-3-1-2-4(13(14)15)6(5)12-11;/h1-3,12H,11H2;1H. The molecule has 0 saturated heterocycles. The van der Waals surface area contributed by atoms with Gasteiger partial charge in [-0.1, -0.05) is 6.07 Å². The Hall–Kier alpha value is -1.74. The molecule has 0 unspecified atom stereocenters. The van der Waals surface area contributed by atoms with Crippen LogP contribution >= 0.6 is 12.4 Å². The van der Waals surface area contributed by atoms with Crippen LogP contribution in [0.2, 0.25) is 0 Å². The lowest BCUT2D eigenvalue weighted by Gasteiger charge is -2.12. The number of nitrogens with one attached hydrogen (secondary N) is 1. The molecule has 96 valence electrons. The van der Waals surface area contributed by atoms with Crippen molar-refractivity contribution in [2.24, 2.45) is 5.84 Å². The van der Waals surface area contributed by atoms with Crippen molar-refractivity contribution < 1.29 is 22.8 Å². The van der Waals surface area contributed by atoms with Crippen molar-refractivity contribution in [3.8, 4) is 5.75 Å². The van der Waals surface area contributed by atoms with Gasteiger partial charge in [-0.15, -0.1) is 25.6 Å². The number of anilines is 1. The molecule has 3 N–H and O–H groups in total. The Kier molecular flexibility index (Phi) is 4.98. The van der Waals surface area contributed by atoms with E-state index in [0.29, 0.717) is 0 Å². The number of hydrogen-bond donors (Lipinski definition) is 2. The van der Waals surface area contributed by atoms with Crippen LogP contribution in [0.1, 0.15) is 0 Å². The fourth-order valence-corrected chi connectivity index (χ4v) is 1.03. The zero-order valence-electron chi connectivity index (χ0n) is 8.02. The third-order valence-corrected chi connectivity index (χ3v) is 1.57. The summed E-state index contributed by atoms with van der Waals surface area (Å²) in [6, 6.07) is 2.97. The molecule has 0 atom stereocenters. The second kappa shape index (κ2) is 5.55. The maximum absolute atomic E-state index is 11.9. The minimum atomic E-state index is -4.94. The average molecular weight is 274 g/mol. The lowest BCUT2D eigenvalue weighted by atomic mass is 10.2. The molecule has 6 nitrogen and oxygen atoms in total. The molecule has 17 heavy (non-hydrogen) atoms. The van der Waals surface area contributed by atoms with Gasteiger partial charge < -0.3 is 10.2 Å². The summed E-state index contributed by atoms with van der Waals surface area (Å²) in [7, 11) is 0. The number of nitrogen functional groups attached to an aromatic ring is 1. The van der Waals surface area contributed by atoms with E-state index < -0.39 is 28.4 Å². The zero-order valence-corrected chi connectivity index (χ0v) is 8.84. The molecule has 0 fully saturated rings. The molecule has 0 spiro atoms. The van der Waals surface area contributed by atoms with Crippen LogP contribution in [0.5, 0.6) is 5.75 Å². The molecule has 0 bridgehead atoms. The second-order valence-electron chi connectivity index (χ2n) is 2.60. The van der Waals surface area contributed by atoms with Gasteiger partial charge in [0.25, 0.3) is 5.69 Å². The van der Waals surface area contributed by atoms with Gasteiger partial charge in [0.05, 0.1) is 4.92 Å². The van der Waals surface area contributed by atoms with Crippen LogP contribution in [0.3, 0.4) is 0 Å². The molecular weight excluding hydrogens is 267 g/mol. The molecular formula is C7H7ClF3N3O3. The molecule has 10 heteroatoms. The van der Waals surface area contributed by atoms with E-state index >= 15 is 0 Å². The summed E-state index contributed by atoms with van der Waals surface area (Å²) >= 11 is 0. The molecule has 0 aliphatic rings. The molecule has 0 aliphatic heterocycles. The average Bonchev–Trinajstić information content (AvgIpc) is 2.14. The minimum absolute atomic E-state index is 0. The normalized spacial score (nSPS) is 10.4. The SMILES string of the molecule is Cl.NNc1c(OC(F)(F)F)cccc1[N+](=O)[O-]. The first-order valence-corrected chi connectivity index (χ1v) is 3.85. The van der Waals surface area contributed by atoms with Gasteiger partial charge in [0.1, 0.15) is 0 Å². The number of hydrazine groups is 1. The van der Waals surface area contributed by atoms with Crippen molar-refractivity contribution in [2.75, 3.05) is 5.43 Å². The number of benzene rings is 1. The summed E-state index contributed by atoms with van der Waals surface area (Å²) in [5.41, 5.74) is 0.657. The number of rotatable bonds is 3. The van der Waals surface area contributed by atoms with Crippen molar-refractivity contribution in [3.05, 3.63) is 28.3 Å². The number of hydrogen-bond acceptors (Lipinski definition) is 5. The van der Waals surface area contributed by atoms with E-state index in [2.05, 4.69) is 4.74 Å². The Morgan fingerprint density at radius 1 is 1.41 bits per heavy atom. The summed E-state index contributed by atoms with van der Waals surface area (Å²) in [6.45, 7) is 0. The van der Waals surface area contributed by atoms with E-state index in [9.17, 15) is 23.3 Å². The molecule has 0 radical (unpaired) electrons. The second-order valence-corrected chi connectivity index (χ2v) is 2.60. The van der Waals surface area contributed by atoms with Crippen LogP contribution in [0, 0.1) is 10.1 Å². The fourth-order valence-electron chi connectivity index (χ4n) is 1.03. The van der Waals surface area contributed by atoms with E-state index in [4.69, 9.17) is 5.84 Å². The predicted octanol–water partition coefficient (Wildman–Crippen LogP) is 2.20. The van der Waals surface area contributed by atoms with Gasteiger partial charge in [0.2, 0.25) is 0 Å². The number of halogens is 4. The van der Waals surface area contributed by atoms with E-state index in [1.165, 1.54) is 0 Å². The summed E-state index contributed by atoms with van der Waals surface area (Å²) in [6.07, 6.45) is -4.94. The number of para-hydroxylation sites is 1. The number of nitrogens with zero attached hydrogens (tertiary/aromatic N) is 1. The highest BCUT2D eigenvalue weighted by Crippen LogP contribution is 2.36. The topological polar surface area (TPSA) is 90.4 Å². The van der Waals surface area contributed by atoms with Gasteiger partial charge in [-0.3, -0.25) is 16.0 Å². The number of alkyl halides is 3. The van der Waals surface area contributed by atoms with Gasteiger partial charge >= 0.3 is 6.36 Å². The molecule has 0 saturated carbocycles. The van der Waals surface area contributed by atoms with Gasteiger partial charge in [-0.2, -0.15) is 0 Å². The maximum atomic E-state index is 11.9. The molecule has 0 heterocycles. The minimum Gasteiger partial charge on any atom is -0.403 e. The van der Waals surface area contributed by atoms with Crippen molar-refractivity contribution in [2.45, 2.75) is 6.36 Å². The fraction of sp³-hybridized carbons (Fsp3) is 0.143. The monoisotopic (exact) mass is 273 g/mol. The van der Waals surface area contributed by atoms with E-state index in [0.717, 1.165) is 18.2 Å². The van der Waals surface area contributed by atoms with Gasteiger partial charge in [0, 0.05) is 6.07 Å². The number of nitro groups is 1. The van der Waals surface area contributed by atoms with Crippen molar-refractivity contribution >= 4 is 23.8 Å². The molecule has 0 aromatic heterocycles. The Labute approximate surface area is 99.1 Å². The van der Waals surface area contributed by atoms with Crippen LogP contribution in [0.15, 0.2) is 18.2 Å². The predicted molar refractivity (Wildman–Crippen MR) is 54.8 cm³/mol. The van der Waals surface area contributed by atoms with Crippen LogP contribution in [0.25, 0.3) is 0 Å². The Morgan fingerprint density at radius 3 is 2.41 bits per heavy atom. The van der Waals surface area contributed by atoms with Gasteiger partial charge in [-0.05, 0) is 6.07 Å². The first kappa shape index (κ1) is 15.3. The largest absolute Gasteiger partial charge is 0.573 e. The van der Waals surface area contributed by atoms with Crippen LogP contribution < -0.4 is 16.0 Å². The molecule has 0 amide bonds. The highest BCUT2D eigenvalue weighted by Gasteiger charge is 2.33. The van der Waals surface area contributed by atoms with Crippen molar-refractivity contribution in [1.29, 1.82) is 0 Å². The van der Waals surface area contributed by atoms with Crippen LogP contribution in [0.4, 0.5) is 24.5 Å². The van der Waals surface area contributed by atoms with Crippen LogP contribution in [-0.2, 0) is 0 Å². The van der Waals surface area contributed by atoms with Gasteiger partial charge in [0.15, 0.2) is 11.4 Å². The molecule has 0 aliphatic carbocycles. The first-order chi connectivity index (χ1) is 7.35. The Balaban J connectivity index is 0.00000256. The first-order valence-electron chi connectivity index (χ1n) is 3.85. The van der Waals surface area contributed by atoms with Crippen molar-refractivity contribution in [1.82, 2.24) is 0 Å². The smallest absolute Gasteiger partial charge is 0.403 e. The summed E-state index contributed by atoms with van der Waals surface area (Å²) < 4.78 is 39.4. The summed E-state index contributed by atoms with van der Waals surface area (Å²) in [4.78, 5) is 9.60. The van der Waals surface area contributed by atoms with E-state index in [1.54, 1.807) is 5.43 Å². The van der Waals surface area contributed by atoms with Gasteiger partial charge in [-0.25, -0.2) is 0 Å². The molecule has 1 aromatic carbocycles. The number of nitro benzene ring substituents is 1. The van der Waals surface area contributed by atoms with E-state index in [-0.39, 0.29) is 12.4 Å². The maximum Gasteiger partial charge on any atom is 0.573 e. The lowest BCUT2D eigenvalue weighted by Crippen LogP contribution is -2.19. The molecule has 1 aromatic rings. The summed E-state index contributed by atoms with van der Waals surface area (Å²) in [5.74, 6) is 4.15. The molecule has 1 rings (SSSR count). The van der Waals surface area contributed by atoms with E-state index in [1.807, 2.05) is 0 Å². The highest BCUT2D eigenvalue weighted by atomic mass is 35.5. The zero-order chi connectivity index (χ0) is 12.3.